The highest BCUT2D eigenvalue weighted by molar-refractivity contribution is 9.10. The molecule has 2 rings (SSSR count). The Hall–Kier alpha value is -1.13. The quantitative estimate of drug-likeness (QED) is 0.879. The van der Waals surface area contributed by atoms with Crippen LogP contribution in [0.2, 0.25) is 0 Å². The van der Waals surface area contributed by atoms with E-state index >= 15 is 0 Å². The molecule has 102 valence electrons. The van der Waals surface area contributed by atoms with Gasteiger partial charge in [-0.2, -0.15) is 0 Å². The highest BCUT2D eigenvalue weighted by Crippen LogP contribution is 2.27. The zero-order valence-electron chi connectivity index (χ0n) is 11.0. The molecule has 1 aromatic carbocycles. The number of benzene rings is 1. The molecule has 0 amide bonds. The van der Waals surface area contributed by atoms with Crippen molar-refractivity contribution in [1.29, 1.82) is 0 Å². The van der Waals surface area contributed by atoms with E-state index in [-0.39, 0.29) is 11.9 Å². The minimum absolute atomic E-state index is 0.0535. The molecule has 0 aliphatic heterocycles. The molecule has 0 radical (unpaired) electrons. The first kappa shape index (κ1) is 14.3. The summed E-state index contributed by atoms with van der Waals surface area (Å²) < 4.78 is 19.6. The summed E-state index contributed by atoms with van der Waals surface area (Å²) in [7, 11) is 0. The van der Waals surface area contributed by atoms with E-state index in [4.69, 9.17) is 4.42 Å². The van der Waals surface area contributed by atoms with Gasteiger partial charge in [0.1, 0.15) is 17.3 Å². The molecule has 0 spiro atoms. The summed E-state index contributed by atoms with van der Waals surface area (Å²) in [6.45, 7) is 4.90. The summed E-state index contributed by atoms with van der Waals surface area (Å²) in [5.41, 5.74) is 0.979. The van der Waals surface area contributed by atoms with E-state index in [9.17, 15) is 4.39 Å². The van der Waals surface area contributed by atoms with Crippen LogP contribution in [0.1, 0.15) is 37.0 Å². The van der Waals surface area contributed by atoms with Crippen LogP contribution in [-0.4, -0.2) is 6.54 Å². The van der Waals surface area contributed by atoms with Gasteiger partial charge in [-0.3, -0.25) is 0 Å². The molecule has 1 aromatic heterocycles. The molecule has 1 heterocycles. The smallest absolute Gasteiger partial charge is 0.137 e. The van der Waals surface area contributed by atoms with E-state index in [1.54, 1.807) is 12.1 Å². The SMILES string of the molecule is CCNC(c1ccc(F)c(Br)c1)c1ccc(CC)o1. The first-order valence-electron chi connectivity index (χ1n) is 6.42. The lowest BCUT2D eigenvalue weighted by Crippen LogP contribution is -2.21. The molecule has 2 aromatic rings. The van der Waals surface area contributed by atoms with E-state index in [1.165, 1.54) is 6.07 Å². The first-order valence-corrected chi connectivity index (χ1v) is 7.22. The van der Waals surface area contributed by atoms with Crippen LogP contribution < -0.4 is 5.32 Å². The Morgan fingerprint density at radius 2 is 2.05 bits per heavy atom. The van der Waals surface area contributed by atoms with Crippen LogP contribution in [0.3, 0.4) is 0 Å². The van der Waals surface area contributed by atoms with Gasteiger partial charge in [0, 0.05) is 6.42 Å². The molecule has 0 saturated heterocycles. The van der Waals surface area contributed by atoms with Crippen LogP contribution in [0.4, 0.5) is 4.39 Å². The Balaban J connectivity index is 2.35. The van der Waals surface area contributed by atoms with Gasteiger partial charge in [0.25, 0.3) is 0 Å². The van der Waals surface area contributed by atoms with E-state index in [1.807, 2.05) is 19.1 Å². The molecule has 0 fully saturated rings. The Labute approximate surface area is 121 Å². The van der Waals surface area contributed by atoms with Crippen LogP contribution in [0, 0.1) is 5.82 Å². The molecule has 0 saturated carbocycles. The summed E-state index contributed by atoms with van der Waals surface area (Å²) in [6, 6.07) is 8.94. The molecule has 1 unspecified atom stereocenters. The number of nitrogens with one attached hydrogen (secondary N) is 1. The van der Waals surface area contributed by atoms with Crippen molar-refractivity contribution in [1.82, 2.24) is 5.32 Å². The zero-order valence-corrected chi connectivity index (χ0v) is 12.6. The predicted octanol–water partition coefficient (Wildman–Crippen LogP) is 4.44. The third-order valence-corrected chi connectivity index (χ3v) is 3.61. The molecule has 0 aliphatic carbocycles. The van der Waals surface area contributed by atoms with Crippen molar-refractivity contribution in [3.05, 3.63) is 57.7 Å². The molecular formula is C15H17BrFNO. The summed E-state index contributed by atoms with van der Waals surface area (Å²) >= 11 is 3.22. The summed E-state index contributed by atoms with van der Waals surface area (Å²) in [6.07, 6.45) is 0.867. The van der Waals surface area contributed by atoms with Crippen molar-refractivity contribution in [3.8, 4) is 0 Å². The number of hydrogen-bond acceptors (Lipinski definition) is 2. The Bertz CT molecular complexity index is 553. The standard InChI is InChI=1S/C15H17BrFNO/c1-3-11-6-8-14(19-11)15(18-4-2)10-5-7-13(17)12(16)9-10/h5-9,15,18H,3-4H2,1-2H3. The lowest BCUT2D eigenvalue weighted by atomic mass is 10.0. The van der Waals surface area contributed by atoms with E-state index in [0.717, 1.165) is 30.0 Å². The predicted molar refractivity (Wildman–Crippen MR) is 77.7 cm³/mol. The minimum Gasteiger partial charge on any atom is -0.464 e. The van der Waals surface area contributed by atoms with Crippen LogP contribution in [0.25, 0.3) is 0 Å². The van der Waals surface area contributed by atoms with Gasteiger partial charge in [0.2, 0.25) is 0 Å². The fourth-order valence-electron chi connectivity index (χ4n) is 2.02. The lowest BCUT2D eigenvalue weighted by molar-refractivity contribution is 0.425. The molecular weight excluding hydrogens is 309 g/mol. The van der Waals surface area contributed by atoms with E-state index in [0.29, 0.717) is 4.47 Å². The maximum Gasteiger partial charge on any atom is 0.137 e. The summed E-state index contributed by atoms with van der Waals surface area (Å²) in [5, 5.41) is 3.36. The molecule has 4 heteroatoms. The van der Waals surface area contributed by atoms with Crippen LogP contribution in [-0.2, 0) is 6.42 Å². The summed E-state index contributed by atoms with van der Waals surface area (Å²) in [4.78, 5) is 0. The second-order valence-corrected chi connectivity index (χ2v) is 5.18. The van der Waals surface area contributed by atoms with Crippen molar-refractivity contribution in [2.45, 2.75) is 26.3 Å². The Kier molecular flexibility index (Phi) is 4.77. The number of hydrogen-bond donors (Lipinski definition) is 1. The summed E-state index contributed by atoms with van der Waals surface area (Å²) in [5.74, 6) is 1.56. The van der Waals surface area contributed by atoms with Crippen molar-refractivity contribution >= 4 is 15.9 Å². The van der Waals surface area contributed by atoms with Crippen molar-refractivity contribution in [2.24, 2.45) is 0 Å². The Morgan fingerprint density at radius 3 is 2.63 bits per heavy atom. The number of aryl methyl sites for hydroxylation is 1. The van der Waals surface area contributed by atoms with Gasteiger partial charge >= 0.3 is 0 Å². The van der Waals surface area contributed by atoms with Gasteiger partial charge in [-0.25, -0.2) is 4.39 Å². The van der Waals surface area contributed by atoms with Crippen molar-refractivity contribution in [2.75, 3.05) is 6.54 Å². The molecule has 0 bridgehead atoms. The maximum atomic E-state index is 13.3. The Morgan fingerprint density at radius 1 is 1.26 bits per heavy atom. The van der Waals surface area contributed by atoms with Gasteiger partial charge in [-0.1, -0.05) is 19.9 Å². The number of halogens is 2. The zero-order chi connectivity index (χ0) is 13.8. The molecule has 1 atom stereocenters. The fraction of sp³-hybridized carbons (Fsp3) is 0.333. The molecule has 0 aliphatic rings. The average molecular weight is 326 g/mol. The largest absolute Gasteiger partial charge is 0.464 e. The van der Waals surface area contributed by atoms with Gasteiger partial charge in [-0.05, 0) is 52.3 Å². The topological polar surface area (TPSA) is 25.2 Å². The van der Waals surface area contributed by atoms with Crippen molar-refractivity contribution in [3.63, 3.8) is 0 Å². The van der Waals surface area contributed by atoms with Gasteiger partial charge in [-0.15, -0.1) is 0 Å². The maximum absolute atomic E-state index is 13.3. The minimum atomic E-state index is -0.257. The highest BCUT2D eigenvalue weighted by atomic mass is 79.9. The second-order valence-electron chi connectivity index (χ2n) is 4.32. The van der Waals surface area contributed by atoms with Crippen LogP contribution >= 0.6 is 15.9 Å². The molecule has 19 heavy (non-hydrogen) atoms. The molecule has 1 N–H and O–H groups in total. The average Bonchev–Trinajstić information content (AvgIpc) is 2.88. The van der Waals surface area contributed by atoms with Gasteiger partial charge < -0.3 is 9.73 Å². The second kappa shape index (κ2) is 6.35. The number of rotatable bonds is 5. The van der Waals surface area contributed by atoms with E-state index < -0.39 is 0 Å². The normalized spacial score (nSPS) is 12.6. The van der Waals surface area contributed by atoms with Gasteiger partial charge in [0.15, 0.2) is 0 Å². The monoisotopic (exact) mass is 325 g/mol. The first-order chi connectivity index (χ1) is 9.15. The lowest BCUT2D eigenvalue weighted by Gasteiger charge is -2.16. The molecule has 2 nitrogen and oxygen atoms in total. The van der Waals surface area contributed by atoms with Gasteiger partial charge in [0.05, 0.1) is 10.5 Å². The van der Waals surface area contributed by atoms with Crippen LogP contribution in [0.5, 0.6) is 0 Å². The third kappa shape index (κ3) is 3.25. The third-order valence-electron chi connectivity index (χ3n) is 3.00. The highest BCUT2D eigenvalue weighted by Gasteiger charge is 2.17. The van der Waals surface area contributed by atoms with Crippen LogP contribution in [0.15, 0.2) is 39.2 Å². The number of furan rings is 1. The van der Waals surface area contributed by atoms with Crippen molar-refractivity contribution < 1.29 is 8.81 Å². The van der Waals surface area contributed by atoms with E-state index in [2.05, 4.69) is 28.2 Å². The fourth-order valence-corrected chi connectivity index (χ4v) is 2.41.